The summed E-state index contributed by atoms with van der Waals surface area (Å²) in [5, 5.41) is 3.04. The summed E-state index contributed by atoms with van der Waals surface area (Å²) in [5.41, 5.74) is 1.80. The van der Waals surface area contributed by atoms with Crippen molar-refractivity contribution in [2.45, 2.75) is 12.8 Å². The monoisotopic (exact) mass is 151 g/mol. The van der Waals surface area contributed by atoms with Crippen LogP contribution in [0.2, 0.25) is 0 Å². The van der Waals surface area contributed by atoms with Crippen molar-refractivity contribution in [3.05, 3.63) is 29.6 Å². The van der Waals surface area contributed by atoms with Crippen LogP contribution >= 0.6 is 0 Å². The van der Waals surface area contributed by atoms with Gasteiger partial charge in [0.2, 0.25) is 0 Å². The van der Waals surface area contributed by atoms with Gasteiger partial charge in [-0.1, -0.05) is 19.1 Å². The summed E-state index contributed by atoms with van der Waals surface area (Å²) in [6, 6.07) is 5.23. The molecule has 1 atom stereocenters. The van der Waals surface area contributed by atoms with Crippen molar-refractivity contribution in [3.63, 3.8) is 0 Å². The molecule has 2 heteroatoms. The Hall–Kier alpha value is -1.05. The molecule has 1 unspecified atom stereocenters. The first-order chi connectivity index (χ1) is 5.29. The van der Waals surface area contributed by atoms with Gasteiger partial charge in [-0.2, -0.15) is 0 Å². The maximum absolute atomic E-state index is 13.0. The molecule has 11 heavy (non-hydrogen) atoms. The van der Waals surface area contributed by atoms with Crippen molar-refractivity contribution < 1.29 is 4.39 Å². The molecule has 0 bridgehead atoms. The zero-order valence-corrected chi connectivity index (χ0v) is 6.39. The molecule has 0 radical (unpaired) electrons. The van der Waals surface area contributed by atoms with Crippen LogP contribution in [-0.4, -0.2) is 6.54 Å². The molecule has 1 aromatic carbocycles. The zero-order chi connectivity index (χ0) is 7.84. The van der Waals surface area contributed by atoms with Gasteiger partial charge >= 0.3 is 0 Å². The maximum Gasteiger partial charge on any atom is 0.146 e. The number of benzene rings is 1. The largest absolute Gasteiger partial charge is 0.382 e. The molecular formula is C9H10FN. The normalized spacial score (nSPS) is 21.1. The van der Waals surface area contributed by atoms with Crippen LogP contribution in [0.5, 0.6) is 0 Å². The molecule has 2 rings (SSSR count). The topological polar surface area (TPSA) is 12.0 Å². The Morgan fingerprint density at radius 2 is 2.36 bits per heavy atom. The van der Waals surface area contributed by atoms with E-state index in [9.17, 15) is 4.39 Å². The lowest BCUT2D eigenvalue weighted by Gasteiger charge is -2.00. The van der Waals surface area contributed by atoms with E-state index >= 15 is 0 Å². The molecule has 1 aliphatic rings. The van der Waals surface area contributed by atoms with Crippen molar-refractivity contribution in [3.8, 4) is 0 Å². The molecule has 0 saturated heterocycles. The van der Waals surface area contributed by atoms with Crippen LogP contribution in [0.1, 0.15) is 18.4 Å². The zero-order valence-electron chi connectivity index (χ0n) is 6.39. The van der Waals surface area contributed by atoms with E-state index in [1.54, 1.807) is 6.07 Å². The van der Waals surface area contributed by atoms with E-state index in [0.29, 0.717) is 11.6 Å². The highest BCUT2D eigenvalue weighted by Crippen LogP contribution is 2.32. The molecule has 1 heterocycles. The van der Waals surface area contributed by atoms with Gasteiger partial charge in [-0.3, -0.25) is 0 Å². The van der Waals surface area contributed by atoms with Gasteiger partial charge in [0.1, 0.15) is 5.82 Å². The highest BCUT2D eigenvalue weighted by Gasteiger charge is 2.19. The summed E-state index contributed by atoms with van der Waals surface area (Å²) in [5.74, 6) is 0.313. The quantitative estimate of drug-likeness (QED) is 0.600. The molecule has 0 aromatic heterocycles. The standard InChI is InChI=1S/C9H10FN/c1-6-5-11-9-7(6)3-2-4-8(9)10/h2-4,6,11H,5H2,1H3. The number of halogens is 1. The molecule has 1 aromatic rings. The minimum absolute atomic E-state index is 0.133. The van der Waals surface area contributed by atoms with Gasteiger partial charge < -0.3 is 5.32 Å². The summed E-state index contributed by atoms with van der Waals surface area (Å²) in [7, 11) is 0. The number of anilines is 1. The van der Waals surface area contributed by atoms with Crippen LogP contribution in [0.4, 0.5) is 10.1 Å². The SMILES string of the molecule is CC1CNc2c(F)cccc21. The molecule has 0 amide bonds. The number of fused-ring (bicyclic) bond motifs is 1. The third kappa shape index (κ3) is 0.897. The average molecular weight is 151 g/mol. The van der Waals surface area contributed by atoms with E-state index in [1.165, 1.54) is 6.07 Å². The maximum atomic E-state index is 13.0. The van der Waals surface area contributed by atoms with E-state index in [2.05, 4.69) is 12.2 Å². The molecule has 58 valence electrons. The molecule has 1 nitrogen and oxygen atoms in total. The number of hydrogen-bond acceptors (Lipinski definition) is 1. The van der Waals surface area contributed by atoms with Gasteiger partial charge in [0.15, 0.2) is 0 Å². The number of hydrogen-bond donors (Lipinski definition) is 1. The van der Waals surface area contributed by atoms with Gasteiger partial charge in [0.25, 0.3) is 0 Å². The smallest absolute Gasteiger partial charge is 0.146 e. The summed E-state index contributed by atoms with van der Waals surface area (Å²) < 4.78 is 13.0. The van der Waals surface area contributed by atoms with Gasteiger partial charge in [-0.25, -0.2) is 4.39 Å². The molecular weight excluding hydrogens is 141 g/mol. The minimum atomic E-state index is -0.133. The first kappa shape index (κ1) is 6.65. The first-order valence-corrected chi connectivity index (χ1v) is 3.81. The van der Waals surface area contributed by atoms with Crippen molar-refractivity contribution in [2.24, 2.45) is 0 Å². The Morgan fingerprint density at radius 3 is 3.09 bits per heavy atom. The first-order valence-electron chi connectivity index (χ1n) is 3.81. The molecule has 0 fully saturated rings. The lowest BCUT2D eigenvalue weighted by molar-refractivity contribution is 0.631. The second-order valence-corrected chi connectivity index (χ2v) is 2.99. The van der Waals surface area contributed by atoms with Gasteiger partial charge in [-0.15, -0.1) is 0 Å². The highest BCUT2D eigenvalue weighted by molar-refractivity contribution is 5.58. The van der Waals surface area contributed by atoms with Crippen molar-refractivity contribution in [2.75, 3.05) is 11.9 Å². The highest BCUT2D eigenvalue weighted by atomic mass is 19.1. The second kappa shape index (κ2) is 2.22. The Labute approximate surface area is 65.2 Å². The van der Waals surface area contributed by atoms with Gasteiger partial charge in [0, 0.05) is 12.5 Å². The van der Waals surface area contributed by atoms with Gasteiger partial charge in [-0.05, 0) is 11.6 Å². The Kier molecular flexibility index (Phi) is 1.34. The van der Waals surface area contributed by atoms with E-state index < -0.39 is 0 Å². The number of para-hydroxylation sites is 1. The molecule has 0 saturated carbocycles. The van der Waals surface area contributed by atoms with E-state index in [1.807, 2.05) is 6.07 Å². The van der Waals surface area contributed by atoms with Crippen molar-refractivity contribution in [1.82, 2.24) is 0 Å². The van der Waals surface area contributed by atoms with Crippen molar-refractivity contribution in [1.29, 1.82) is 0 Å². The van der Waals surface area contributed by atoms with E-state index in [0.717, 1.165) is 12.1 Å². The Balaban J connectivity index is 2.57. The van der Waals surface area contributed by atoms with Gasteiger partial charge in [0.05, 0.1) is 5.69 Å². The van der Waals surface area contributed by atoms with Crippen molar-refractivity contribution >= 4 is 5.69 Å². The second-order valence-electron chi connectivity index (χ2n) is 2.99. The molecule has 0 spiro atoms. The lowest BCUT2D eigenvalue weighted by atomic mass is 10.0. The van der Waals surface area contributed by atoms with E-state index in [4.69, 9.17) is 0 Å². The van der Waals surface area contributed by atoms with Crippen LogP contribution in [-0.2, 0) is 0 Å². The summed E-state index contributed by atoms with van der Waals surface area (Å²) in [4.78, 5) is 0. The fraction of sp³-hybridized carbons (Fsp3) is 0.333. The van der Waals surface area contributed by atoms with Crippen LogP contribution < -0.4 is 5.32 Å². The molecule has 1 N–H and O–H groups in total. The van der Waals surface area contributed by atoms with Crippen LogP contribution in [0.3, 0.4) is 0 Å². The number of nitrogens with one attached hydrogen (secondary N) is 1. The molecule has 0 aliphatic carbocycles. The van der Waals surface area contributed by atoms with Crippen LogP contribution in [0.25, 0.3) is 0 Å². The van der Waals surface area contributed by atoms with Crippen LogP contribution in [0.15, 0.2) is 18.2 Å². The number of rotatable bonds is 0. The Bertz CT molecular complexity index is 283. The fourth-order valence-corrected chi connectivity index (χ4v) is 1.50. The minimum Gasteiger partial charge on any atom is -0.382 e. The Morgan fingerprint density at radius 1 is 1.55 bits per heavy atom. The third-order valence-corrected chi connectivity index (χ3v) is 2.16. The fourth-order valence-electron chi connectivity index (χ4n) is 1.50. The van der Waals surface area contributed by atoms with E-state index in [-0.39, 0.29) is 5.82 Å². The predicted octanol–water partition coefficient (Wildman–Crippen LogP) is 2.35. The molecule has 1 aliphatic heterocycles. The average Bonchev–Trinajstić information content (AvgIpc) is 2.35. The lowest BCUT2D eigenvalue weighted by Crippen LogP contribution is -1.96. The predicted molar refractivity (Wildman–Crippen MR) is 43.3 cm³/mol. The third-order valence-electron chi connectivity index (χ3n) is 2.16. The summed E-state index contributed by atoms with van der Waals surface area (Å²) in [6.45, 7) is 2.95. The van der Waals surface area contributed by atoms with Crippen LogP contribution in [0, 0.1) is 5.82 Å². The summed E-state index contributed by atoms with van der Waals surface area (Å²) >= 11 is 0. The summed E-state index contributed by atoms with van der Waals surface area (Å²) in [6.07, 6.45) is 0.